The van der Waals surface area contributed by atoms with E-state index in [2.05, 4.69) is 5.32 Å². The SMILES string of the molecule is CC(=O)c1cc(C(=O)O[C@H](C)C(=O)NC[C@@H](C)c2ccccc2)n(C)c1. The summed E-state index contributed by atoms with van der Waals surface area (Å²) >= 11 is 0. The Morgan fingerprint density at radius 3 is 2.38 bits per heavy atom. The van der Waals surface area contributed by atoms with Gasteiger partial charge in [0.25, 0.3) is 5.91 Å². The van der Waals surface area contributed by atoms with E-state index >= 15 is 0 Å². The third-order valence-corrected chi connectivity index (χ3v) is 4.22. The summed E-state index contributed by atoms with van der Waals surface area (Å²) in [6.45, 7) is 5.41. The van der Waals surface area contributed by atoms with Gasteiger partial charge in [0, 0.05) is 25.4 Å². The van der Waals surface area contributed by atoms with E-state index < -0.39 is 12.1 Å². The lowest BCUT2D eigenvalue weighted by Gasteiger charge is -2.16. The van der Waals surface area contributed by atoms with E-state index in [1.165, 1.54) is 24.5 Å². The van der Waals surface area contributed by atoms with E-state index in [9.17, 15) is 14.4 Å². The number of nitrogens with zero attached hydrogens (tertiary/aromatic N) is 1. The highest BCUT2D eigenvalue weighted by Crippen LogP contribution is 2.14. The maximum Gasteiger partial charge on any atom is 0.355 e. The van der Waals surface area contributed by atoms with Crippen molar-refractivity contribution in [3.8, 4) is 0 Å². The van der Waals surface area contributed by atoms with Crippen LogP contribution in [0, 0.1) is 0 Å². The number of esters is 1. The topological polar surface area (TPSA) is 77.4 Å². The van der Waals surface area contributed by atoms with Gasteiger partial charge < -0.3 is 14.6 Å². The van der Waals surface area contributed by atoms with E-state index in [4.69, 9.17) is 4.74 Å². The molecule has 26 heavy (non-hydrogen) atoms. The first-order valence-electron chi connectivity index (χ1n) is 8.50. The van der Waals surface area contributed by atoms with Crippen LogP contribution in [0.5, 0.6) is 0 Å². The molecule has 6 heteroatoms. The number of carbonyl (C=O) groups excluding carboxylic acids is 3. The second kappa shape index (κ2) is 8.47. The van der Waals surface area contributed by atoms with Crippen molar-refractivity contribution in [2.45, 2.75) is 32.8 Å². The summed E-state index contributed by atoms with van der Waals surface area (Å²) in [5.74, 6) is -0.990. The molecule has 0 spiro atoms. The normalized spacial score (nSPS) is 12.9. The molecule has 2 rings (SSSR count). The van der Waals surface area contributed by atoms with Crippen LogP contribution in [-0.2, 0) is 16.6 Å². The molecule has 6 nitrogen and oxygen atoms in total. The van der Waals surface area contributed by atoms with Gasteiger partial charge in [-0.2, -0.15) is 0 Å². The highest BCUT2D eigenvalue weighted by molar-refractivity contribution is 5.98. The molecule has 0 unspecified atom stereocenters. The molecule has 0 aliphatic rings. The van der Waals surface area contributed by atoms with Gasteiger partial charge in [-0.15, -0.1) is 0 Å². The van der Waals surface area contributed by atoms with Crippen LogP contribution in [0.3, 0.4) is 0 Å². The van der Waals surface area contributed by atoms with Gasteiger partial charge in [-0.25, -0.2) is 4.79 Å². The molecule has 0 saturated heterocycles. The Labute approximate surface area is 153 Å². The highest BCUT2D eigenvalue weighted by atomic mass is 16.5. The minimum atomic E-state index is -0.929. The molecule has 1 aromatic carbocycles. The molecule has 2 atom stereocenters. The van der Waals surface area contributed by atoms with E-state index in [1.54, 1.807) is 13.2 Å². The zero-order valence-electron chi connectivity index (χ0n) is 15.5. The zero-order valence-corrected chi connectivity index (χ0v) is 15.5. The molecule has 0 bridgehead atoms. The van der Waals surface area contributed by atoms with Gasteiger partial charge >= 0.3 is 5.97 Å². The van der Waals surface area contributed by atoms with Crippen LogP contribution in [0.2, 0.25) is 0 Å². The number of ether oxygens (including phenoxy) is 1. The first-order valence-corrected chi connectivity index (χ1v) is 8.50. The Kier molecular flexibility index (Phi) is 6.33. The third kappa shape index (κ3) is 4.81. The van der Waals surface area contributed by atoms with Gasteiger partial charge in [-0.1, -0.05) is 37.3 Å². The number of Topliss-reactive ketones (excluding diaryl/α,β-unsaturated/α-hetero) is 1. The van der Waals surface area contributed by atoms with Gasteiger partial charge in [0.05, 0.1) is 0 Å². The number of rotatable bonds is 7. The first kappa shape index (κ1) is 19.4. The summed E-state index contributed by atoms with van der Waals surface area (Å²) in [6, 6.07) is 11.3. The van der Waals surface area contributed by atoms with Crippen LogP contribution in [-0.4, -0.2) is 34.9 Å². The minimum absolute atomic E-state index is 0.139. The van der Waals surface area contributed by atoms with E-state index in [1.807, 2.05) is 37.3 Å². The van der Waals surface area contributed by atoms with Crippen molar-refractivity contribution in [3.63, 3.8) is 0 Å². The average Bonchev–Trinajstić information content (AvgIpc) is 3.02. The fraction of sp³-hybridized carbons (Fsp3) is 0.350. The molecular weight excluding hydrogens is 332 g/mol. The number of hydrogen-bond acceptors (Lipinski definition) is 4. The average molecular weight is 356 g/mol. The molecule has 2 aromatic rings. The molecule has 1 N–H and O–H groups in total. The number of aryl methyl sites for hydroxylation is 1. The van der Waals surface area contributed by atoms with Gasteiger partial charge in [0.2, 0.25) is 0 Å². The Balaban J connectivity index is 1.90. The van der Waals surface area contributed by atoms with Crippen LogP contribution in [0.4, 0.5) is 0 Å². The van der Waals surface area contributed by atoms with Gasteiger partial charge in [0.15, 0.2) is 11.9 Å². The number of aromatic nitrogens is 1. The van der Waals surface area contributed by atoms with E-state index in [0.717, 1.165) is 5.56 Å². The summed E-state index contributed by atoms with van der Waals surface area (Å²) in [5.41, 5.74) is 1.78. The molecular formula is C20H24N2O4. The predicted molar refractivity (Wildman–Crippen MR) is 98.2 cm³/mol. The second-order valence-electron chi connectivity index (χ2n) is 6.39. The third-order valence-electron chi connectivity index (χ3n) is 4.22. The van der Waals surface area contributed by atoms with Gasteiger partial charge in [0.1, 0.15) is 5.69 Å². The molecule has 0 radical (unpaired) electrons. The largest absolute Gasteiger partial charge is 0.448 e. The molecule has 138 valence electrons. The van der Waals surface area contributed by atoms with E-state index in [-0.39, 0.29) is 23.3 Å². The lowest BCUT2D eigenvalue weighted by atomic mass is 10.0. The van der Waals surface area contributed by atoms with Crippen LogP contribution in [0.25, 0.3) is 0 Å². The van der Waals surface area contributed by atoms with Crippen molar-refractivity contribution in [1.29, 1.82) is 0 Å². The van der Waals surface area contributed by atoms with Crippen molar-refractivity contribution in [3.05, 3.63) is 59.4 Å². The number of nitrogens with one attached hydrogen (secondary N) is 1. The number of benzene rings is 1. The summed E-state index contributed by atoms with van der Waals surface area (Å²) in [7, 11) is 1.65. The Morgan fingerprint density at radius 2 is 1.81 bits per heavy atom. The van der Waals surface area contributed by atoms with Crippen LogP contribution in [0.15, 0.2) is 42.6 Å². The van der Waals surface area contributed by atoms with Crippen molar-refractivity contribution in [1.82, 2.24) is 9.88 Å². The Bertz CT molecular complexity index is 795. The van der Waals surface area contributed by atoms with Gasteiger partial charge in [-0.3, -0.25) is 9.59 Å². The maximum atomic E-state index is 12.2. The van der Waals surface area contributed by atoms with Crippen molar-refractivity contribution >= 4 is 17.7 Å². The first-order chi connectivity index (χ1) is 12.3. The highest BCUT2D eigenvalue weighted by Gasteiger charge is 2.22. The Hall–Kier alpha value is -2.89. The van der Waals surface area contributed by atoms with Gasteiger partial charge in [-0.05, 0) is 31.4 Å². The minimum Gasteiger partial charge on any atom is -0.448 e. The standard InChI is InChI=1S/C20H24N2O4/c1-13(16-8-6-5-7-9-16)11-21-19(24)15(3)26-20(25)18-10-17(14(2)23)12-22(18)4/h5-10,12-13,15H,11H2,1-4H3,(H,21,24)/t13-,15-/m1/s1. The van der Waals surface area contributed by atoms with Crippen molar-refractivity contribution < 1.29 is 19.1 Å². The van der Waals surface area contributed by atoms with E-state index in [0.29, 0.717) is 12.1 Å². The summed E-state index contributed by atoms with van der Waals surface area (Å²) < 4.78 is 6.74. The molecule has 1 amide bonds. The molecule has 1 heterocycles. The number of carbonyl (C=O) groups is 3. The fourth-order valence-electron chi connectivity index (χ4n) is 2.53. The monoisotopic (exact) mass is 356 g/mol. The molecule has 0 saturated carbocycles. The zero-order chi connectivity index (χ0) is 19.3. The molecule has 0 fully saturated rings. The summed E-state index contributed by atoms with van der Waals surface area (Å²) in [5, 5.41) is 2.80. The Morgan fingerprint density at radius 1 is 1.15 bits per heavy atom. The van der Waals surface area contributed by atoms with Crippen molar-refractivity contribution in [2.24, 2.45) is 7.05 Å². The number of amides is 1. The van der Waals surface area contributed by atoms with Crippen LogP contribution in [0.1, 0.15) is 53.1 Å². The van der Waals surface area contributed by atoms with Crippen LogP contribution >= 0.6 is 0 Å². The maximum absolute atomic E-state index is 12.2. The lowest BCUT2D eigenvalue weighted by molar-refractivity contribution is -0.129. The number of ketones is 1. The number of hydrogen-bond donors (Lipinski definition) is 1. The quantitative estimate of drug-likeness (QED) is 0.611. The van der Waals surface area contributed by atoms with Crippen molar-refractivity contribution in [2.75, 3.05) is 6.54 Å². The summed E-state index contributed by atoms with van der Waals surface area (Å²) in [4.78, 5) is 35.8. The second-order valence-corrected chi connectivity index (χ2v) is 6.39. The van der Waals surface area contributed by atoms with Crippen LogP contribution < -0.4 is 5.32 Å². The molecule has 0 aliphatic carbocycles. The smallest absolute Gasteiger partial charge is 0.355 e. The fourth-order valence-corrected chi connectivity index (χ4v) is 2.53. The molecule has 0 aliphatic heterocycles. The molecule has 1 aromatic heterocycles. The lowest BCUT2D eigenvalue weighted by Crippen LogP contribution is -2.37. The summed E-state index contributed by atoms with van der Waals surface area (Å²) in [6.07, 6.45) is 0.631. The predicted octanol–water partition coefficient (Wildman–Crippen LogP) is 2.69.